The second-order valence-electron chi connectivity index (χ2n) is 5.04. The summed E-state index contributed by atoms with van der Waals surface area (Å²) in [5.41, 5.74) is 1.49. The van der Waals surface area contributed by atoms with Crippen molar-refractivity contribution < 1.29 is 0 Å². The molecule has 0 aliphatic carbocycles. The van der Waals surface area contributed by atoms with Crippen LogP contribution >= 0.6 is 11.3 Å². The van der Waals surface area contributed by atoms with Crippen LogP contribution in [0.25, 0.3) is 10.1 Å². The van der Waals surface area contributed by atoms with Crippen LogP contribution in [0.2, 0.25) is 0 Å². The number of benzene rings is 1. The molecule has 2 aromatic rings. The zero-order valence-corrected chi connectivity index (χ0v) is 12.5. The van der Waals surface area contributed by atoms with Gasteiger partial charge in [0.05, 0.1) is 0 Å². The molecule has 0 saturated heterocycles. The van der Waals surface area contributed by atoms with Crippen LogP contribution < -0.4 is 5.32 Å². The second-order valence-corrected chi connectivity index (χ2v) is 6.18. The van der Waals surface area contributed by atoms with E-state index < -0.39 is 0 Å². The molecule has 1 N–H and O–H groups in total. The summed E-state index contributed by atoms with van der Waals surface area (Å²) >= 11 is 1.91. The fraction of sp³-hybridized carbons (Fsp3) is 0.467. The number of hydrogen-bond donors (Lipinski definition) is 1. The van der Waals surface area contributed by atoms with Crippen LogP contribution in [0, 0.1) is 0 Å². The van der Waals surface area contributed by atoms with Gasteiger partial charge < -0.3 is 5.32 Å². The van der Waals surface area contributed by atoms with Crippen molar-refractivity contribution in [2.75, 3.05) is 14.1 Å². The standard InChI is InChI=1S/C15H22N2S/c1-11(2)17(4)10-13-12-7-5-6-8-14(12)18-15(13)9-16-3/h5-8,11,16H,9-10H2,1-4H3. The van der Waals surface area contributed by atoms with Crippen molar-refractivity contribution >= 4 is 21.4 Å². The van der Waals surface area contributed by atoms with Crippen molar-refractivity contribution in [3.63, 3.8) is 0 Å². The maximum Gasteiger partial charge on any atom is 0.0349 e. The van der Waals surface area contributed by atoms with Gasteiger partial charge in [0, 0.05) is 28.7 Å². The van der Waals surface area contributed by atoms with Gasteiger partial charge in [-0.05, 0) is 45.0 Å². The van der Waals surface area contributed by atoms with Crippen molar-refractivity contribution in [1.29, 1.82) is 0 Å². The first-order chi connectivity index (χ1) is 8.63. The summed E-state index contributed by atoms with van der Waals surface area (Å²) in [5, 5.41) is 4.70. The third-order valence-electron chi connectivity index (χ3n) is 3.41. The molecule has 0 aliphatic heterocycles. The molecule has 0 bridgehead atoms. The summed E-state index contributed by atoms with van der Waals surface area (Å²) in [6, 6.07) is 9.30. The highest BCUT2D eigenvalue weighted by Crippen LogP contribution is 2.32. The highest BCUT2D eigenvalue weighted by atomic mass is 32.1. The van der Waals surface area contributed by atoms with Gasteiger partial charge in [-0.15, -0.1) is 11.3 Å². The van der Waals surface area contributed by atoms with Crippen LogP contribution in [0.4, 0.5) is 0 Å². The minimum absolute atomic E-state index is 0.575. The molecule has 0 unspecified atom stereocenters. The van der Waals surface area contributed by atoms with E-state index in [0.29, 0.717) is 6.04 Å². The Hall–Kier alpha value is -0.900. The number of nitrogens with zero attached hydrogens (tertiary/aromatic N) is 1. The smallest absolute Gasteiger partial charge is 0.0349 e. The van der Waals surface area contributed by atoms with Crippen LogP contribution in [0.3, 0.4) is 0 Å². The first-order valence-corrected chi connectivity index (χ1v) is 7.29. The first-order valence-electron chi connectivity index (χ1n) is 6.47. The molecule has 0 saturated carbocycles. The van der Waals surface area contributed by atoms with Gasteiger partial charge in [0.15, 0.2) is 0 Å². The van der Waals surface area contributed by atoms with E-state index in [4.69, 9.17) is 0 Å². The Labute approximate surface area is 114 Å². The molecule has 0 atom stereocenters. The Morgan fingerprint density at radius 1 is 1.28 bits per heavy atom. The van der Waals surface area contributed by atoms with Gasteiger partial charge in [0.1, 0.15) is 0 Å². The molecule has 2 nitrogen and oxygen atoms in total. The fourth-order valence-corrected chi connectivity index (χ4v) is 3.29. The Morgan fingerprint density at radius 2 is 2.00 bits per heavy atom. The lowest BCUT2D eigenvalue weighted by atomic mass is 10.1. The minimum Gasteiger partial charge on any atom is -0.315 e. The highest BCUT2D eigenvalue weighted by Gasteiger charge is 2.14. The van der Waals surface area contributed by atoms with E-state index in [2.05, 4.69) is 55.4 Å². The predicted octanol–water partition coefficient (Wildman–Crippen LogP) is 3.46. The number of nitrogens with one attached hydrogen (secondary N) is 1. The van der Waals surface area contributed by atoms with Crippen molar-refractivity contribution in [3.05, 3.63) is 34.7 Å². The second kappa shape index (κ2) is 5.83. The Morgan fingerprint density at radius 3 is 2.67 bits per heavy atom. The quantitative estimate of drug-likeness (QED) is 0.887. The van der Waals surface area contributed by atoms with E-state index in [-0.39, 0.29) is 0 Å². The van der Waals surface area contributed by atoms with E-state index in [1.807, 2.05) is 18.4 Å². The van der Waals surface area contributed by atoms with E-state index >= 15 is 0 Å². The van der Waals surface area contributed by atoms with Crippen LogP contribution in [0.5, 0.6) is 0 Å². The lowest BCUT2D eigenvalue weighted by Crippen LogP contribution is -2.26. The summed E-state index contributed by atoms with van der Waals surface area (Å²) in [7, 11) is 4.21. The number of hydrogen-bond acceptors (Lipinski definition) is 3. The fourth-order valence-electron chi connectivity index (χ4n) is 2.06. The van der Waals surface area contributed by atoms with E-state index in [9.17, 15) is 0 Å². The monoisotopic (exact) mass is 262 g/mol. The third kappa shape index (κ3) is 2.74. The van der Waals surface area contributed by atoms with Gasteiger partial charge in [-0.2, -0.15) is 0 Å². The lowest BCUT2D eigenvalue weighted by Gasteiger charge is -2.21. The SMILES string of the molecule is CNCc1sc2ccccc2c1CN(C)C(C)C. The summed E-state index contributed by atoms with van der Waals surface area (Å²) in [6.07, 6.45) is 0. The predicted molar refractivity (Wildman–Crippen MR) is 81.2 cm³/mol. The van der Waals surface area contributed by atoms with Crippen LogP contribution in [0.15, 0.2) is 24.3 Å². The van der Waals surface area contributed by atoms with E-state index in [1.165, 1.54) is 20.5 Å². The van der Waals surface area contributed by atoms with Crippen molar-refractivity contribution in [1.82, 2.24) is 10.2 Å². The molecule has 0 radical (unpaired) electrons. The van der Waals surface area contributed by atoms with E-state index in [1.54, 1.807) is 0 Å². The molecule has 0 fully saturated rings. The molecular formula is C15H22N2S. The van der Waals surface area contributed by atoms with E-state index in [0.717, 1.165) is 13.1 Å². The summed E-state index contributed by atoms with van der Waals surface area (Å²) in [6.45, 7) is 6.47. The molecular weight excluding hydrogens is 240 g/mol. The average Bonchev–Trinajstić information content (AvgIpc) is 2.68. The zero-order valence-electron chi connectivity index (χ0n) is 11.7. The normalized spacial score (nSPS) is 11.9. The first kappa shape index (κ1) is 13.5. The summed E-state index contributed by atoms with van der Waals surface area (Å²) in [5.74, 6) is 0. The molecule has 3 heteroatoms. The van der Waals surface area contributed by atoms with Crippen molar-refractivity contribution in [2.24, 2.45) is 0 Å². The van der Waals surface area contributed by atoms with Gasteiger partial charge in [0.2, 0.25) is 0 Å². The van der Waals surface area contributed by atoms with Crippen LogP contribution in [-0.2, 0) is 13.1 Å². The maximum absolute atomic E-state index is 3.28. The lowest BCUT2D eigenvalue weighted by molar-refractivity contribution is 0.266. The molecule has 0 aliphatic rings. The molecule has 1 heterocycles. The molecule has 98 valence electrons. The van der Waals surface area contributed by atoms with Gasteiger partial charge in [-0.25, -0.2) is 0 Å². The number of thiophene rings is 1. The largest absolute Gasteiger partial charge is 0.315 e. The molecule has 18 heavy (non-hydrogen) atoms. The van der Waals surface area contributed by atoms with Crippen molar-refractivity contribution in [3.8, 4) is 0 Å². The third-order valence-corrected chi connectivity index (χ3v) is 4.62. The summed E-state index contributed by atoms with van der Waals surface area (Å²) < 4.78 is 1.40. The topological polar surface area (TPSA) is 15.3 Å². The molecule has 2 rings (SSSR count). The highest BCUT2D eigenvalue weighted by molar-refractivity contribution is 7.19. The Bertz CT molecular complexity index is 516. The van der Waals surface area contributed by atoms with Crippen LogP contribution in [0.1, 0.15) is 24.3 Å². The number of fused-ring (bicyclic) bond motifs is 1. The van der Waals surface area contributed by atoms with Gasteiger partial charge >= 0.3 is 0 Å². The minimum atomic E-state index is 0.575. The van der Waals surface area contributed by atoms with Crippen molar-refractivity contribution in [2.45, 2.75) is 33.0 Å². The Kier molecular flexibility index (Phi) is 4.38. The Balaban J connectivity index is 2.41. The molecule has 0 amide bonds. The van der Waals surface area contributed by atoms with Gasteiger partial charge in [0.25, 0.3) is 0 Å². The van der Waals surface area contributed by atoms with Crippen LogP contribution in [-0.4, -0.2) is 25.0 Å². The zero-order chi connectivity index (χ0) is 13.1. The molecule has 1 aromatic heterocycles. The maximum atomic E-state index is 3.28. The summed E-state index contributed by atoms with van der Waals surface area (Å²) in [4.78, 5) is 3.86. The average molecular weight is 262 g/mol. The number of rotatable bonds is 5. The van der Waals surface area contributed by atoms with Gasteiger partial charge in [-0.1, -0.05) is 18.2 Å². The molecule has 1 aromatic carbocycles. The van der Waals surface area contributed by atoms with Gasteiger partial charge in [-0.3, -0.25) is 4.90 Å². The molecule has 0 spiro atoms.